The van der Waals surface area contributed by atoms with E-state index in [1.54, 1.807) is 31.4 Å². The molecular weight excluding hydrogens is 240 g/mol. The van der Waals surface area contributed by atoms with Crippen molar-refractivity contribution in [3.05, 3.63) is 59.7 Å². The summed E-state index contributed by atoms with van der Waals surface area (Å²) in [6.07, 6.45) is 6.75. The molecular formula is C15H12N2O2. The van der Waals surface area contributed by atoms with Crippen LogP contribution in [0.25, 0.3) is 5.57 Å². The van der Waals surface area contributed by atoms with Crippen molar-refractivity contribution in [2.75, 3.05) is 7.11 Å². The Labute approximate surface area is 111 Å². The molecule has 1 aliphatic carbocycles. The van der Waals surface area contributed by atoms with E-state index in [0.717, 1.165) is 11.1 Å². The van der Waals surface area contributed by atoms with E-state index in [1.807, 2.05) is 24.3 Å². The summed E-state index contributed by atoms with van der Waals surface area (Å²) in [5, 5.41) is 21.1. The van der Waals surface area contributed by atoms with Gasteiger partial charge in [-0.25, -0.2) is 0 Å². The summed E-state index contributed by atoms with van der Waals surface area (Å²) in [4.78, 5) is 0. The van der Waals surface area contributed by atoms with Gasteiger partial charge in [0.15, 0.2) is 0 Å². The van der Waals surface area contributed by atoms with Crippen LogP contribution in [0.2, 0.25) is 0 Å². The molecule has 0 radical (unpaired) electrons. The van der Waals surface area contributed by atoms with Gasteiger partial charge in [0.05, 0.1) is 12.7 Å². The topological polar surface area (TPSA) is 65.6 Å². The number of hydrogen-bond donors (Lipinski definition) is 1. The van der Waals surface area contributed by atoms with Crippen LogP contribution >= 0.6 is 0 Å². The zero-order chi connectivity index (χ0) is 13.7. The average Bonchev–Trinajstić information content (AvgIpc) is 2.49. The van der Waals surface area contributed by atoms with Crippen LogP contribution in [0.5, 0.6) is 5.75 Å². The highest BCUT2D eigenvalue weighted by atomic mass is 16.5. The molecule has 1 aromatic rings. The van der Waals surface area contributed by atoms with Crippen molar-refractivity contribution in [2.45, 2.75) is 0 Å². The lowest BCUT2D eigenvalue weighted by molar-refractivity contribution is 0.320. The Hall–Kier alpha value is -2.80. The maximum absolute atomic E-state index is 9.36. The quantitative estimate of drug-likeness (QED) is 0.500. The molecule has 4 nitrogen and oxygen atoms in total. The van der Waals surface area contributed by atoms with Crippen LogP contribution in [-0.4, -0.2) is 18.0 Å². The van der Waals surface area contributed by atoms with Crippen LogP contribution in [0, 0.1) is 11.3 Å². The summed E-state index contributed by atoms with van der Waals surface area (Å²) < 4.78 is 5.26. The van der Waals surface area contributed by atoms with Gasteiger partial charge in [-0.15, -0.1) is 0 Å². The second-order valence-corrected chi connectivity index (χ2v) is 3.83. The molecule has 19 heavy (non-hydrogen) atoms. The first kappa shape index (κ1) is 12.7. The molecule has 0 amide bonds. The first-order valence-electron chi connectivity index (χ1n) is 5.66. The molecule has 1 aliphatic rings. The number of methoxy groups -OCH3 is 1. The van der Waals surface area contributed by atoms with Crippen LogP contribution in [0.1, 0.15) is 5.56 Å². The number of ether oxygens (including phenoxy) is 1. The third-order valence-corrected chi connectivity index (χ3v) is 2.76. The highest BCUT2D eigenvalue weighted by Crippen LogP contribution is 2.29. The largest absolute Gasteiger partial charge is 0.496 e. The third-order valence-electron chi connectivity index (χ3n) is 2.76. The Morgan fingerprint density at radius 1 is 1.21 bits per heavy atom. The molecule has 0 fully saturated rings. The molecule has 0 heterocycles. The second-order valence-electron chi connectivity index (χ2n) is 3.83. The Morgan fingerprint density at radius 3 is 2.47 bits per heavy atom. The van der Waals surface area contributed by atoms with Gasteiger partial charge in [-0.2, -0.15) is 5.26 Å². The Balaban J connectivity index is 2.53. The first-order chi connectivity index (χ1) is 9.30. The van der Waals surface area contributed by atoms with Crippen LogP contribution in [0.3, 0.4) is 0 Å². The van der Waals surface area contributed by atoms with E-state index in [2.05, 4.69) is 11.2 Å². The van der Waals surface area contributed by atoms with E-state index in [1.165, 1.54) is 0 Å². The zero-order valence-corrected chi connectivity index (χ0v) is 10.4. The Kier molecular flexibility index (Phi) is 3.79. The number of allylic oxidation sites excluding steroid dienone is 6. The fraction of sp³-hybridized carbons (Fsp3) is 0.0667. The lowest BCUT2D eigenvalue weighted by Crippen LogP contribution is -1.97. The minimum absolute atomic E-state index is 0.445. The van der Waals surface area contributed by atoms with Crippen molar-refractivity contribution in [3.8, 4) is 11.8 Å². The Morgan fingerprint density at radius 2 is 1.89 bits per heavy atom. The standard InChI is InChI=1S/C15H12N2O2/c1-19-15-5-3-2-4-13(15)14(10-16)11-6-8-12(17-18)9-7-11/h2-9,18H,1H3. The number of benzene rings is 1. The van der Waals surface area contributed by atoms with Crippen molar-refractivity contribution in [1.29, 1.82) is 5.26 Å². The summed E-state index contributed by atoms with van der Waals surface area (Å²) in [5.74, 6) is 0.648. The predicted octanol–water partition coefficient (Wildman–Crippen LogP) is 2.93. The van der Waals surface area contributed by atoms with Gasteiger partial charge in [0.25, 0.3) is 0 Å². The normalized spacial score (nSPS) is 13.1. The summed E-state index contributed by atoms with van der Waals surface area (Å²) in [6.45, 7) is 0. The molecule has 0 bridgehead atoms. The molecule has 0 spiro atoms. The van der Waals surface area contributed by atoms with Crippen molar-refractivity contribution < 1.29 is 9.94 Å². The highest BCUT2D eigenvalue weighted by molar-refractivity contribution is 6.06. The zero-order valence-electron chi connectivity index (χ0n) is 10.4. The van der Waals surface area contributed by atoms with Gasteiger partial charge in [0.1, 0.15) is 17.5 Å². The monoisotopic (exact) mass is 252 g/mol. The highest BCUT2D eigenvalue weighted by Gasteiger charge is 2.12. The Bertz CT molecular complexity index is 628. The summed E-state index contributed by atoms with van der Waals surface area (Å²) in [6, 6.07) is 9.54. The molecule has 0 saturated heterocycles. The van der Waals surface area contributed by atoms with Gasteiger partial charge in [-0.05, 0) is 29.9 Å². The lowest BCUT2D eigenvalue weighted by Gasteiger charge is -2.10. The van der Waals surface area contributed by atoms with Crippen molar-refractivity contribution in [1.82, 2.24) is 0 Å². The van der Waals surface area contributed by atoms with Gasteiger partial charge < -0.3 is 9.94 Å². The van der Waals surface area contributed by atoms with Gasteiger partial charge >= 0.3 is 0 Å². The molecule has 0 atom stereocenters. The summed E-state index contributed by atoms with van der Waals surface area (Å²) in [7, 11) is 1.57. The van der Waals surface area contributed by atoms with Crippen LogP contribution in [-0.2, 0) is 0 Å². The summed E-state index contributed by atoms with van der Waals surface area (Å²) >= 11 is 0. The molecule has 0 unspecified atom stereocenters. The number of nitrogens with zero attached hydrogens (tertiary/aromatic N) is 2. The number of oxime groups is 1. The van der Waals surface area contributed by atoms with Crippen molar-refractivity contribution in [2.24, 2.45) is 5.16 Å². The van der Waals surface area contributed by atoms with Gasteiger partial charge in [0, 0.05) is 5.56 Å². The molecule has 1 aromatic carbocycles. The van der Waals surface area contributed by atoms with Crippen LogP contribution in [0.15, 0.2) is 59.3 Å². The van der Waals surface area contributed by atoms with Gasteiger partial charge in [-0.1, -0.05) is 29.4 Å². The maximum atomic E-state index is 9.36. The van der Waals surface area contributed by atoms with E-state index in [9.17, 15) is 5.26 Å². The maximum Gasteiger partial charge on any atom is 0.127 e. The number of hydrogen-bond acceptors (Lipinski definition) is 4. The second kappa shape index (κ2) is 5.69. The first-order valence-corrected chi connectivity index (χ1v) is 5.66. The van der Waals surface area contributed by atoms with Crippen LogP contribution < -0.4 is 4.74 Å². The molecule has 4 heteroatoms. The number of para-hydroxylation sites is 1. The van der Waals surface area contributed by atoms with Crippen LogP contribution in [0.4, 0.5) is 0 Å². The number of nitriles is 1. The minimum Gasteiger partial charge on any atom is -0.496 e. The van der Waals surface area contributed by atoms with E-state index >= 15 is 0 Å². The smallest absolute Gasteiger partial charge is 0.127 e. The predicted molar refractivity (Wildman–Crippen MR) is 73.0 cm³/mol. The fourth-order valence-corrected chi connectivity index (χ4v) is 1.83. The van der Waals surface area contributed by atoms with E-state index in [-0.39, 0.29) is 0 Å². The van der Waals surface area contributed by atoms with E-state index in [0.29, 0.717) is 17.0 Å². The molecule has 2 rings (SSSR count). The lowest BCUT2D eigenvalue weighted by atomic mass is 9.97. The van der Waals surface area contributed by atoms with Gasteiger partial charge in [-0.3, -0.25) is 0 Å². The molecule has 0 aromatic heterocycles. The molecule has 0 saturated carbocycles. The van der Waals surface area contributed by atoms with E-state index in [4.69, 9.17) is 9.94 Å². The third kappa shape index (κ3) is 2.55. The number of rotatable bonds is 2. The van der Waals surface area contributed by atoms with Gasteiger partial charge in [0.2, 0.25) is 0 Å². The summed E-state index contributed by atoms with van der Waals surface area (Å²) in [5.41, 5.74) is 2.45. The fourth-order valence-electron chi connectivity index (χ4n) is 1.83. The SMILES string of the molecule is COc1ccccc1C(C#N)=C1C=CC(=NO)C=C1. The minimum atomic E-state index is 0.445. The van der Waals surface area contributed by atoms with Crippen molar-refractivity contribution >= 4 is 11.3 Å². The average molecular weight is 252 g/mol. The molecule has 1 N–H and O–H groups in total. The molecule has 0 aliphatic heterocycles. The molecule has 94 valence electrons. The van der Waals surface area contributed by atoms with Crippen molar-refractivity contribution in [3.63, 3.8) is 0 Å². The van der Waals surface area contributed by atoms with E-state index < -0.39 is 0 Å².